The van der Waals surface area contributed by atoms with Crippen molar-refractivity contribution < 1.29 is 14.3 Å². The van der Waals surface area contributed by atoms with Crippen molar-refractivity contribution >= 4 is 11.7 Å². The van der Waals surface area contributed by atoms with Crippen molar-refractivity contribution in [3.8, 4) is 0 Å². The van der Waals surface area contributed by atoms with Crippen molar-refractivity contribution in [2.24, 2.45) is 7.05 Å². The van der Waals surface area contributed by atoms with Gasteiger partial charge >= 0.3 is 0 Å². The number of nitrogens with zero attached hydrogens (tertiary/aromatic N) is 3. The summed E-state index contributed by atoms with van der Waals surface area (Å²) in [6, 6.07) is 8.92. The van der Waals surface area contributed by atoms with Gasteiger partial charge in [-0.05, 0) is 6.42 Å². The molecular formula is C19H23N3O3. The zero-order valence-electron chi connectivity index (χ0n) is 14.6. The van der Waals surface area contributed by atoms with Gasteiger partial charge in [0.2, 0.25) is 0 Å². The Balaban J connectivity index is 1.78. The van der Waals surface area contributed by atoms with Crippen LogP contribution in [0, 0.1) is 0 Å². The van der Waals surface area contributed by atoms with E-state index in [4.69, 9.17) is 4.74 Å². The van der Waals surface area contributed by atoms with E-state index in [1.54, 1.807) is 27.9 Å². The van der Waals surface area contributed by atoms with Crippen LogP contribution in [0.5, 0.6) is 0 Å². The van der Waals surface area contributed by atoms with Crippen LogP contribution in [0.25, 0.3) is 0 Å². The molecule has 1 aliphatic rings. The Labute approximate surface area is 147 Å². The van der Waals surface area contributed by atoms with E-state index in [1.807, 2.05) is 32.2 Å². The molecule has 2 heterocycles. The fourth-order valence-electron chi connectivity index (χ4n) is 3.18. The zero-order valence-corrected chi connectivity index (χ0v) is 14.6. The van der Waals surface area contributed by atoms with Gasteiger partial charge in [-0.25, -0.2) is 0 Å². The molecule has 1 aromatic heterocycles. The number of rotatable bonds is 5. The van der Waals surface area contributed by atoms with Gasteiger partial charge in [0, 0.05) is 31.8 Å². The Bertz CT molecular complexity index is 755. The second-order valence-electron chi connectivity index (χ2n) is 6.24. The van der Waals surface area contributed by atoms with Crippen LogP contribution in [-0.2, 0) is 18.2 Å². The number of amides is 1. The van der Waals surface area contributed by atoms with Crippen molar-refractivity contribution in [3.63, 3.8) is 0 Å². The molecular weight excluding hydrogens is 318 g/mol. The molecule has 0 unspecified atom stereocenters. The summed E-state index contributed by atoms with van der Waals surface area (Å²) >= 11 is 0. The van der Waals surface area contributed by atoms with Crippen LogP contribution >= 0.6 is 0 Å². The third-order valence-corrected chi connectivity index (χ3v) is 4.48. The van der Waals surface area contributed by atoms with E-state index in [-0.39, 0.29) is 24.2 Å². The molecule has 1 aliphatic heterocycles. The minimum absolute atomic E-state index is 0.0239. The smallest absolute Gasteiger partial charge is 0.257 e. The van der Waals surface area contributed by atoms with Crippen molar-refractivity contribution in [2.75, 3.05) is 19.8 Å². The highest BCUT2D eigenvalue weighted by atomic mass is 16.5. The number of carbonyl (C=O) groups is 2. The average molecular weight is 341 g/mol. The van der Waals surface area contributed by atoms with E-state index in [9.17, 15) is 9.59 Å². The number of ketones is 1. The topological polar surface area (TPSA) is 64.4 Å². The number of carbonyl (C=O) groups excluding carboxylic acids is 2. The first-order valence-corrected chi connectivity index (χ1v) is 8.59. The van der Waals surface area contributed by atoms with E-state index < -0.39 is 0 Å². The molecule has 1 aromatic carbocycles. The third kappa shape index (κ3) is 3.79. The van der Waals surface area contributed by atoms with E-state index in [0.717, 1.165) is 5.69 Å². The molecule has 25 heavy (non-hydrogen) atoms. The lowest BCUT2D eigenvalue weighted by Crippen LogP contribution is -2.49. The number of aromatic nitrogens is 2. The summed E-state index contributed by atoms with van der Waals surface area (Å²) in [5.74, 6) is -0.0464. The predicted molar refractivity (Wildman–Crippen MR) is 93.6 cm³/mol. The standard InChI is InChI=1S/C19H23N3O3/c1-3-17-16(12-21(2)20-17)19(24)22-9-10-25-13-15(22)11-18(23)14-7-5-4-6-8-14/h4-8,12,15H,3,9-11,13H2,1-2H3/t15-/m0/s1. The molecule has 0 radical (unpaired) electrons. The van der Waals surface area contributed by atoms with Crippen LogP contribution in [0.1, 0.15) is 39.8 Å². The molecule has 6 nitrogen and oxygen atoms in total. The minimum Gasteiger partial charge on any atom is -0.377 e. The van der Waals surface area contributed by atoms with Gasteiger partial charge < -0.3 is 9.64 Å². The SMILES string of the molecule is CCc1nn(C)cc1C(=O)N1CCOC[C@@H]1CC(=O)c1ccccc1. The molecule has 1 fully saturated rings. The lowest BCUT2D eigenvalue weighted by Gasteiger charge is -2.35. The maximum atomic E-state index is 13.0. The van der Waals surface area contributed by atoms with Gasteiger partial charge in [0.25, 0.3) is 5.91 Å². The first kappa shape index (κ1) is 17.4. The maximum Gasteiger partial charge on any atom is 0.257 e. The molecule has 1 amide bonds. The predicted octanol–water partition coefficient (Wildman–Crippen LogP) is 2.10. The number of aryl methyl sites for hydroxylation is 2. The Hall–Kier alpha value is -2.47. The highest BCUT2D eigenvalue weighted by Crippen LogP contribution is 2.19. The first-order valence-electron chi connectivity index (χ1n) is 8.59. The summed E-state index contributed by atoms with van der Waals surface area (Å²) in [6.07, 6.45) is 2.71. The van der Waals surface area contributed by atoms with Gasteiger partial charge in [0.15, 0.2) is 5.78 Å². The molecule has 0 N–H and O–H groups in total. The van der Waals surface area contributed by atoms with Crippen LogP contribution < -0.4 is 0 Å². The van der Waals surface area contributed by atoms with Gasteiger partial charge in [-0.1, -0.05) is 37.3 Å². The average Bonchev–Trinajstić information content (AvgIpc) is 3.03. The largest absolute Gasteiger partial charge is 0.377 e. The van der Waals surface area contributed by atoms with Crippen LogP contribution in [-0.4, -0.2) is 52.2 Å². The summed E-state index contributed by atoms with van der Waals surface area (Å²) in [4.78, 5) is 27.3. The van der Waals surface area contributed by atoms with Crippen molar-refractivity contribution in [3.05, 3.63) is 53.3 Å². The van der Waals surface area contributed by atoms with Crippen LogP contribution in [0.2, 0.25) is 0 Å². The van der Waals surface area contributed by atoms with Gasteiger partial charge in [-0.2, -0.15) is 5.10 Å². The second kappa shape index (κ2) is 7.61. The fraction of sp³-hybridized carbons (Fsp3) is 0.421. The highest BCUT2D eigenvalue weighted by Gasteiger charge is 2.31. The van der Waals surface area contributed by atoms with Crippen molar-refractivity contribution in [1.29, 1.82) is 0 Å². The summed E-state index contributed by atoms with van der Waals surface area (Å²) in [6.45, 7) is 3.34. The van der Waals surface area contributed by atoms with E-state index in [0.29, 0.717) is 37.3 Å². The van der Waals surface area contributed by atoms with E-state index in [2.05, 4.69) is 5.10 Å². The first-order chi connectivity index (χ1) is 12.1. The number of morpholine rings is 1. The Morgan fingerprint density at radius 1 is 1.28 bits per heavy atom. The summed E-state index contributed by atoms with van der Waals surface area (Å²) in [5, 5.41) is 4.35. The lowest BCUT2D eigenvalue weighted by molar-refractivity contribution is -0.00286. The Morgan fingerprint density at radius 3 is 2.76 bits per heavy atom. The summed E-state index contributed by atoms with van der Waals surface area (Å²) in [5.41, 5.74) is 2.06. The van der Waals surface area contributed by atoms with Crippen LogP contribution in [0.4, 0.5) is 0 Å². The number of hydrogen-bond donors (Lipinski definition) is 0. The maximum absolute atomic E-state index is 13.0. The lowest BCUT2D eigenvalue weighted by atomic mass is 10.0. The Kier molecular flexibility index (Phi) is 5.28. The van der Waals surface area contributed by atoms with Crippen molar-refractivity contribution in [1.82, 2.24) is 14.7 Å². The van der Waals surface area contributed by atoms with Gasteiger partial charge in [-0.15, -0.1) is 0 Å². The van der Waals surface area contributed by atoms with Gasteiger partial charge in [-0.3, -0.25) is 14.3 Å². The fourth-order valence-corrected chi connectivity index (χ4v) is 3.18. The molecule has 0 saturated carbocycles. The minimum atomic E-state index is -0.251. The number of hydrogen-bond acceptors (Lipinski definition) is 4. The van der Waals surface area contributed by atoms with Crippen molar-refractivity contribution in [2.45, 2.75) is 25.8 Å². The zero-order chi connectivity index (χ0) is 17.8. The number of ether oxygens (including phenoxy) is 1. The molecule has 2 aromatic rings. The summed E-state index contributed by atoms with van der Waals surface area (Å²) < 4.78 is 7.19. The Morgan fingerprint density at radius 2 is 2.04 bits per heavy atom. The molecule has 3 rings (SSSR count). The molecule has 6 heteroatoms. The molecule has 0 bridgehead atoms. The molecule has 132 valence electrons. The number of Topliss-reactive ketones (excluding diaryl/α,β-unsaturated/α-hetero) is 1. The van der Waals surface area contributed by atoms with E-state index in [1.165, 1.54) is 0 Å². The molecule has 0 spiro atoms. The summed E-state index contributed by atoms with van der Waals surface area (Å²) in [7, 11) is 1.81. The van der Waals surface area contributed by atoms with Gasteiger partial charge in [0.05, 0.1) is 30.5 Å². The molecule has 0 aliphatic carbocycles. The molecule has 1 saturated heterocycles. The highest BCUT2D eigenvalue weighted by molar-refractivity contribution is 5.98. The van der Waals surface area contributed by atoms with Gasteiger partial charge in [0.1, 0.15) is 0 Å². The third-order valence-electron chi connectivity index (χ3n) is 4.48. The normalized spacial score (nSPS) is 17.5. The monoisotopic (exact) mass is 341 g/mol. The van der Waals surface area contributed by atoms with Crippen LogP contribution in [0.15, 0.2) is 36.5 Å². The van der Waals surface area contributed by atoms with Crippen LogP contribution in [0.3, 0.4) is 0 Å². The quantitative estimate of drug-likeness (QED) is 0.781. The van der Waals surface area contributed by atoms with E-state index >= 15 is 0 Å². The second-order valence-corrected chi connectivity index (χ2v) is 6.24. The number of benzene rings is 1. The molecule has 1 atom stereocenters.